The van der Waals surface area contributed by atoms with E-state index in [0.29, 0.717) is 5.92 Å². The lowest BCUT2D eigenvalue weighted by atomic mass is 9.71. The van der Waals surface area contributed by atoms with Gasteiger partial charge in [0.25, 0.3) is 0 Å². The molecule has 2 aromatic rings. The zero-order valence-electron chi connectivity index (χ0n) is 11.1. The molecular formula is C18H20. The van der Waals surface area contributed by atoms with Crippen molar-refractivity contribution in [2.24, 2.45) is 5.41 Å². The van der Waals surface area contributed by atoms with Gasteiger partial charge >= 0.3 is 0 Å². The summed E-state index contributed by atoms with van der Waals surface area (Å²) in [4.78, 5) is 0. The van der Waals surface area contributed by atoms with Crippen molar-refractivity contribution in [3.8, 4) is 0 Å². The first-order valence-electron chi connectivity index (χ1n) is 6.38. The van der Waals surface area contributed by atoms with Gasteiger partial charge in [0.15, 0.2) is 0 Å². The smallest absolute Gasteiger partial charge is 0.0175 e. The van der Waals surface area contributed by atoms with Crippen LogP contribution in [0.4, 0.5) is 0 Å². The quantitative estimate of drug-likeness (QED) is 0.653. The van der Waals surface area contributed by atoms with Gasteiger partial charge in [-0.25, -0.2) is 0 Å². The minimum Gasteiger partial charge on any atom is -0.103 e. The molecule has 92 valence electrons. The first kappa shape index (κ1) is 12.6. The van der Waals surface area contributed by atoms with Gasteiger partial charge in [-0.05, 0) is 16.5 Å². The van der Waals surface area contributed by atoms with Crippen molar-refractivity contribution < 1.29 is 0 Å². The standard InChI is InChI=1S/C18H20/c1-4-18(2,3)17(15-11-7-5-8-12-15)16-13-9-6-10-14-16/h4-14,17H,1H2,2-3H3. The average Bonchev–Trinajstić information content (AvgIpc) is 2.41. The summed E-state index contributed by atoms with van der Waals surface area (Å²) in [6.45, 7) is 8.49. The molecule has 0 nitrogen and oxygen atoms in total. The second-order valence-electron chi connectivity index (χ2n) is 5.28. The third-order valence-electron chi connectivity index (χ3n) is 3.54. The van der Waals surface area contributed by atoms with Crippen LogP contribution in [0.2, 0.25) is 0 Å². The van der Waals surface area contributed by atoms with Crippen LogP contribution in [0.3, 0.4) is 0 Å². The number of hydrogen-bond donors (Lipinski definition) is 0. The van der Waals surface area contributed by atoms with Crippen molar-refractivity contribution in [2.75, 3.05) is 0 Å². The first-order chi connectivity index (χ1) is 8.65. The number of rotatable bonds is 4. The Morgan fingerprint density at radius 3 is 1.56 bits per heavy atom. The molecule has 0 amide bonds. The molecule has 0 fully saturated rings. The van der Waals surface area contributed by atoms with E-state index in [-0.39, 0.29) is 5.41 Å². The van der Waals surface area contributed by atoms with Crippen LogP contribution >= 0.6 is 0 Å². The zero-order valence-corrected chi connectivity index (χ0v) is 11.1. The summed E-state index contributed by atoms with van der Waals surface area (Å²) in [6, 6.07) is 21.3. The molecule has 0 N–H and O–H groups in total. The largest absolute Gasteiger partial charge is 0.103 e. The highest BCUT2D eigenvalue weighted by Gasteiger charge is 2.29. The summed E-state index contributed by atoms with van der Waals surface area (Å²) >= 11 is 0. The molecular weight excluding hydrogens is 216 g/mol. The second kappa shape index (κ2) is 5.22. The molecule has 0 radical (unpaired) electrons. The molecule has 0 bridgehead atoms. The minimum absolute atomic E-state index is 0.0305. The maximum Gasteiger partial charge on any atom is 0.0175 e. The van der Waals surface area contributed by atoms with Crippen molar-refractivity contribution >= 4 is 0 Å². The fraction of sp³-hybridized carbons (Fsp3) is 0.222. The highest BCUT2D eigenvalue weighted by atomic mass is 14.3. The van der Waals surface area contributed by atoms with Crippen molar-refractivity contribution in [3.05, 3.63) is 84.4 Å². The summed E-state index contributed by atoms with van der Waals surface area (Å²) < 4.78 is 0. The molecule has 0 aliphatic heterocycles. The maximum absolute atomic E-state index is 4.00. The van der Waals surface area contributed by atoms with Gasteiger partial charge in [-0.3, -0.25) is 0 Å². The van der Waals surface area contributed by atoms with Crippen LogP contribution in [0.25, 0.3) is 0 Å². The fourth-order valence-corrected chi connectivity index (χ4v) is 2.46. The lowest BCUT2D eigenvalue weighted by molar-refractivity contribution is 0.418. The molecule has 0 aromatic heterocycles. The van der Waals surface area contributed by atoms with Gasteiger partial charge in [0, 0.05) is 5.92 Å². The number of allylic oxidation sites excluding steroid dienone is 1. The van der Waals surface area contributed by atoms with Crippen LogP contribution < -0.4 is 0 Å². The van der Waals surface area contributed by atoms with E-state index in [2.05, 4.69) is 87.2 Å². The van der Waals surface area contributed by atoms with Gasteiger partial charge in [0.2, 0.25) is 0 Å². The summed E-state index contributed by atoms with van der Waals surface area (Å²) in [6.07, 6.45) is 2.05. The van der Waals surface area contributed by atoms with Crippen LogP contribution in [0.15, 0.2) is 73.3 Å². The van der Waals surface area contributed by atoms with Gasteiger partial charge in [0.05, 0.1) is 0 Å². The third-order valence-corrected chi connectivity index (χ3v) is 3.54. The van der Waals surface area contributed by atoms with E-state index >= 15 is 0 Å². The molecule has 2 rings (SSSR count). The molecule has 0 spiro atoms. The molecule has 2 aromatic carbocycles. The Labute approximate surface area is 110 Å². The highest BCUT2D eigenvalue weighted by molar-refractivity contribution is 5.36. The third kappa shape index (κ3) is 2.53. The van der Waals surface area contributed by atoms with Crippen LogP contribution in [0, 0.1) is 5.41 Å². The molecule has 18 heavy (non-hydrogen) atoms. The molecule has 0 atom stereocenters. The van der Waals surface area contributed by atoms with Crippen molar-refractivity contribution in [3.63, 3.8) is 0 Å². The summed E-state index contributed by atoms with van der Waals surface area (Å²) in [5.41, 5.74) is 2.71. The van der Waals surface area contributed by atoms with E-state index in [4.69, 9.17) is 0 Å². The monoisotopic (exact) mass is 236 g/mol. The van der Waals surface area contributed by atoms with E-state index in [1.807, 2.05) is 0 Å². The molecule has 0 saturated heterocycles. The van der Waals surface area contributed by atoms with Gasteiger partial charge in [-0.2, -0.15) is 0 Å². The van der Waals surface area contributed by atoms with Crippen molar-refractivity contribution in [2.45, 2.75) is 19.8 Å². The Bertz CT molecular complexity index is 455. The van der Waals surface area contributed by atoms with Crippen molar-refractivity contribution in [1.82, 2.24) is 0 Å². The van der Waals surface area contributed by atoms with Gasteiger partial charge in [-0.15, -0.1) is 6.58 Å². The molecule has 0 heterocycles. The Kier molecular flexibility index (Phi) is 3.66. The molecule has 0 saturated carbocycles. The van der Waals surface area contributed by atoms with Crippen LogP contribution in [0.1, 0.15) is 30.9 Å². The SMILES string of the molecule is C=CC(C)(C)C(c1ccccc1)c1ccccc1. The number of hydrogen-bond acceptors (Lipinski definition) is 0. The minimum atomic E-state index is 0.0305. The Balaban J connectivity index is 2.52. The fourth-order valence-electron chi connectivity index (χ4n) is 2.46. The molecule has 0 aliphatic carbocycles. The summed E-state index contributed by atoms with van der Waals surface area (Å²) in [5, 5.41) is 0. The lowest BCUT2D eigenvalue weighted by Gasteiger charge is -2.32. The normalized spacial score (nSPS) is 11.5. The van der Waals surface area contributed by atoms with E-state index in [1.165, 1.54) is 11.1 Å². The van der Waals surface area contributed by atoms with Crippen LogP contribution in [-0.4, -0.2) is 0 Å². The first-order valence-corrected chi connectivity index (χ1v) is 6.38. The van der Waals surface area contributed by atoms with Crippen molar-refractivity contribution in [1.29, 1.82) is 0 Å². The number of benzene rings is 2. The summed E-state index contributed by atoms with van der Waals surface area (Å²) in [7, 11) is 0. The topological polar surface area (TPSA) is 0 Å². The van der Waals surface area contributed by atoms with Gasteiger partial charge < -0.3 is 0 Å². The zero-order chi connectivity index (χ0) is 13.0. The van der Waals surface area contributed by atoms with E-state index in [9.17, 15) is 0 Å². The van der Waals surface area contributed by atoms with Crippen LogP contribution in [-0.2, 0) is 0 Å². The molecule has 0 aliphatic rings. The summed E-state index contributed by atoms with van der Waals surface area (Å²) in [5.74, 6) is 0.345. The average molecular weight is 236 g/mol. The van der Waals surface area contributed by atoms with Gasteiger partial charge in [-0.1, -0.05) is 80.6 Å². The Hall–Kier alpha value is -1.82. The Morgan fingerprint density at radius 2 is 1.22 bits per heavy atom. The maximum atomic E-state index is 4.00. The Morgan fingerprint density at radius 1 is 0.833 bits per heavy atom. The predicted molar refractivity (Wildman–Crippen MR) is 78.7 cm³/mol. The highest BCUT2D eigenvalue weighted by Crippen LogP contribution is 2.41. The van der Waals surface area contributed by atoms with Gasteiger partial charge in [0.1, 0.15) is 0 Å². The van der Waals surface area contributed by atoms with E-state index in [0.717, 1.165) is 0 Å². The lowest BCUT2D eigenvalue weighted by Crippen LogP contribution is -2.20. The molecule has 0 heteroatoms. The van der Waals surface area contributed by atoms with Crippen LogP contribution in [0.5, 0.6) is 0 Å². The van der Waals surface area contributed by atoms with E-state index in [1.54, 1.807) is 0 Å². The predicted octanol–water partition coefficient (Wildman–Crippen LogP) is 5.03. The molecule has 0 unspecified atom stereocenters. The van der Waals surface area contributed by atoms with E-state index < -0.39 is 0 Å². The second-order valence-corrected chi connectivity index (χ2v) is 5.28.